The first kappa shape index (κ1) is 12.0. The van der Waals surface area contributed by atoms with E-state index in [9.17, 15) is 9.59 Å². The Morgan fingerprint density at radius 1 is 1.13 bits per heavy atom. The van der Waals surface area contributed by atoms with Crippen LogP contribution < -0.4 is 0 Å². The summed E-state index contributed by atoms with van der Waals surface area (Å²) in [6.45, 7) is 2.03. The average Bonchev–Trinajstić information content (AvgIpc) is 2.08. The van der Waals surface area contributed by atoms with E-state index in [1.54, 1.807) is 0 Å². The van der Waals surface area contributed by atoms with E-state index in [0.717, 1.165) is 19.3 Å². The maximum atomic E-state index is 10.6. The Bertz CT molecular complexity index is 249. The first-order valence-corrected chi connectivity index (χ1v) is 5.42. The van der Waals surface area contributed by atoms with E-state index in [2.05, 4.69) is 0 Å². The van der Waals surface area contributed by atoms with E-state index in [0.29, 0.717) is 5.92 Å². The van der Waals surface area contributed by atoms with Gasteiger partial charge in [0.2, 0.25) is 0 Å². The Balaban J connectivity index is 2.40. The number of aliphatic carboxylic acids is 2. The van der Waals surface area contributed by atoms with Gasteiger partial charge in [0.25, 0.3) is 0 Å². The van der Waals surface area contributed by atoms with Crippen LogP contribution in [0.1, 0.15) is 39.0 Å². The maximum Gasteiger partial charge on any atom is 0.303 e. The molecule has 1 fully saturated rings. The van der Waals surface area contributed by atoms with Gasteiger partial charge in [-0.05, 0) is 37.0 Å². The monoisotopic (exact) mass is 214 g/mol. The quantitative estimate of drug-likeness (QED) is 0.750. The molecule has 2 N–H and O–H groups in total. The van der Waals surface area contributed by atoms with Gasteiger partial charge in [0, 0.05) is 12.8 Å². The van der Waals surface area contributed by atoms with Crippen LogP contribution in [-0.4, -0.2) is 22.2 Å². The molecule has 0 radical (unpaired) electrons. The molecule has 0 aromatic rings. The summed E-state index contributed by atoms with van der Waals surface area (Å²) in [5.74, 6) is -0.693. The van der Waals surface area contributed by atoms with Gasteiger partial charge in [-0.3, -0.25) is 9.59 Å². The van der Waals surface area contributed by atoms with E-state index in [-0.39, 0.29) is 24.7 Å². The van der Waals surface area contributed by atoms with Crippen LogP contribution in [0, 0.1) is 17.8 Å². The van der Waals surface area contributed by atoms with Gasteiger partial charge >= 0.3 is 11.9 Å². The second-order valence-corrected chi connectivity index (χ2v) is 4.61. The zero-order valence-electron chi connectivity index (χ0n) is 8.98. The summed E-state index contributed by atoms with van der Waals surface area (Å²) in [6.07, 6.45) is 3.01. The molecule has 0 spiro atoms. The molecular formula is C11H18O4. The summed E-state index contributed by atoms with van der Waals surface area (Å²) >= 11 is 0. The van der Waals surface area contributed by atoms with Gasteiger partial charge in [0.1, 0.15) is 0 Å². The number of carboxylic acids is 2. The standard InChI is InChI=1S/C11H18O4/c1-7-4-8(5-10(12)13)2-3-9(7)6-11(14)15/h7-9H,2-6H2,1H3,(H,12,13)(H,14,15). The smallest absolute Gasteiger partial charge is 0.303 e. The Labute approximate surface area is 89.3 Å². The van der Waals surface area contributed by atoms with Gasteiger partial charge in [-0.15, -0.1) is 0 Å². The van der Waals surface area contributed by atoms with E-state index in [1.165, 1.54) is 0 Å². The van der Waals surface area contributed by atoms with Crippen molar-refractivity contribution < 1.29 is 19.8 Å². The van der Waals surface area contributed by atoms with Crippen LogP contribution in [0.5, 0.6) is 0 Å². The summed E-state index contributed by atoms with van der Waals surface area (Å²) < 4.78 is 0. The highest BCUT2D eigenvalue weighted by atomic mass is 16.4. The maximum absolute atomic E-state index is 10.6. The highest BCUT2D eigenvalue weighted by Gasteiger charge is 2.29. The molecule has 86 valence electrons. The summed E-state index contributed by atoms with van der Waals surface area (Å²) in [4.78, 5) is 21.1. The molecule has 3 unspecified atom stereocenters. The van der Waals surface area contributed by atoms with Crippen LogP contribution in [0.4, 0.5) is 0 Å². The van der Waals surface area contributed by atoms with E-state index >= 15 is 0 Å². The van der Waals surface area contributed by atoms with Crippen LogP contribution in [-0.2, 0) is 9.59 Å². The molecule has 0 aromatic carbocycles. The van der Waals surface area contributed by atoms with Gasteiger partial charge in [0.05, 0.1) is 0 Å². The van der Waals surface area contributed by atoms with Crippen molar-refractivity contribution in [2.75, 3.05) is 0 Å². The molecule has 1 aliphatic rings. The molecule has 4 heteroatoms. The predicted molar refractivity (Wildman–Crippen MR) is 54.5 cm³/mol. The average molecular weight is 214 g/mol. The van der Waals surface area contributed by atoms with Gasteiger partial charge in [-0.25, -0.2) is 0 Å². The second-order valence-electron chi connectivity index (χ2n) is 4.61. The topological polar surface area (TPSA) is 74.6 Å². The summed E-state index contributed by atoms with van der Waals surface area (Å²) in [7, 11) is 0. The zero-order chi connectivity index (χ0) is 11.4. The van der Waals surface area contributed by atoms with Crippen molar-refractivity contribution in [3.63, 3.8) is 0 Å². The lowest BCUT2D eigenvalue weighted by Gasteiger charge is -2.32. The molecule has 0 aliphatic heterocycles. The van der Waals surface area contributed by atoms with Crippen molar-refractivity contribution in [2.45, 2.75) is 39.0 Å². The van der Waals surface area contributed by atoms with E-state index in [4.69, 9.17) is 10.2 Å². The normalized spacial score (nSPS) is 31.1. The highest BCUT2D eigenvalue weighted by molar-refractivity contribution is 5.67. The van der Waals surface area contributed by atoms with Crippen molar-refractivity contribution >= 4 is 11.9 Å². The van der Waals surface area contributed by atoms with Crippen LogP contribution >= 0.6 is 0 Å². The van der Waals surface area contributed by atoms with Crippen molar-refractivity contribution in [2.24, 2.45) is 17.8 Å². The Morgan fingerprint density at radius 2 is 1.73 bits per heavy atom. The third kappa shape index (κ3) is 3.90. The minimum absolute atomic E-state index is 0.223. The van der Waals surface area contributed by atoms with Gasteiger partial charge in [0.15, 0.2) is 0 Å². The lowest BCUT2D eigenvalue weighted by atomic mass is 9.73. The first-order valence-electron chi connectivity index (χ1n) is 5.42. The number of carbonyl (C=O) groups is 2. The summed E-state index contributed by atoms with van der Waals surface area (Å²) in [5, 5.41) is 17.4. The minimum atomic E-state index is -0.747. The van der Waals surface area contributed by atoms with Crippen LogP contribution in [0.25, 0.3) is 0 Å². The highest BCUT2D eigenvalue weighted by Crippen LogP contribution is 2.36. The summed E-state index contributed by atoms with van der Waals surface area (Å²) in [5.41, 5.74) is 0. The molecule has 4 nitrogen and oxygen atoms in total. The predicted octanol–water partition coefficient (Wildman–Crippen LogP) is 1.99. The van der Waals surface area contributed by atoms with Crippen molar-refractivity contribution in [3.05, 3.63) is 0 Å². The third-order valence-corrected chi connectivity index (χ3v) is 3.36. The number of hydrogen-bond acceptors (Lipinski definition) is 2. The van der Waals surface area contributed by atoms with E-state index in [1.807, 2.05) is 6.92 Å². The largest absolute Gasteiger partial charge is 0.481 e. The van der Waals surface area contributed by atoms with Crippen molar-refractivity contribution in [1.29, 1.82) is 0 Å². The Hall–Kier alpha value is -1.06. The molecule has 0 heterocycles. The second kappa shape index (κ2) is 5.14. The number of hydrogen-bond donors (Lipinski definition) is 2. The van der Waals surface area contributed by atoms with Crippen molar-refractivity contribution in [1.82, 2.24) is 0 Å². The molecule has 0 bridgehead atoms. The first-order chi connectivity index (χ1) is 6.99. The SMILES string of the molecule is CC1CC(CC(=O)O)CCC1CC(=O)O. The molecule has 0 amide bonds. The minimum Gasteiger partial charge on any atom is -0.481 e. The fourth-order valence-electron chi connectivity index (χ4n) is 2.53. The van der Waals surface area contributed by atoms with Crippen LogP contribution in [0.2, 0.25) is 0 Å². The van der Waals surface area contributed by atoms with Crippen molar-refractivity contribution in [3.8, 4) is 0 Å². The fourth-order valence-corrected chi connectivity index (χ4v) is 2.53. The van der Waals surface area contributed by atoms with Gasteiger partial charge in [-0.1, -0.05) is 6.92 Å². The Kier molecular flexibility index (Phi) is 4.12. The molecular weight excluding hydrogens is 196 g/mol. The van der Waals surface area contributed by atoms with E-state index < -0.39 is 11.9 Å². The zero-order valence-corrected chi connectivity index (χ0v) is 8.98. The van der Waals surface area contributed by atoms with Gasteiger partial charge in [-0.2, -0.15) is 0 Å². The number of rotatable bonds is 4. The molecule has 1 aliphatic carbocycles. The third-order valence-electron chi connectivity index (χ3n) is 3.36. The number of carboxylic acid groups (broad SMARTS) is 2. The lowest BCUT2D eigenvalue weighted by molar-refractivity contribution is -0.141. The van der Waals surface area contributed by atoms with Gasteiger partial charge < -0.3 is 10.2 Å². The van der Waals surface area contributed by atoms with Crippen LogP contribution in [0.3, 0.4) is 0 Å². The van der Waals surface area contributed by atoms with Crippen LogP contribution in [0.15, 0.2) is 0 Å². The molecule has 1 rings (SSSR count). The molecule has 0 aromatic heterocycles. The fraction of sp³-hybridized carbons (Fsp3) is 0.818. The molecule has 15 heavy (non-hydrogen) atoms. The molecule has 3 atom stereocenters. The lowest BCUT2D eigenvalue weighted by Crippen LogP contribution is -2.26. The summed E-state index contributed by atoms with van der Waals surface area (Å²) in [6, 6.07) is 0. The molecule has 1 saturated carbocycles. The molecule has 0 saturated heterocycles. The Morgan fingerprint density at radius 3 is 2.20 bits per heavy atom.